The Morgan fingerprint density at radius 1 is 0.304 bits per heavy atom. The normalized spacial score (nSPS) is 13.0. The van der Waals surface area contributed by atoms with Gasteiger partial charge in [0.05, 0.1) is 0 Å². The minimum Gasteiger partial charge on any atom is -0.462 e. The number of hydrogen-bond acceptors (Lipinski definition) is 6. The largest absolute Gasteiger partial charge is 0.462 e. The molecule has 0 aromatic carbocycles. The lowest BCUT2D eigenvalue weighted by Gasteiger charge is -2.18. The zero-order valence-corrected chi connectivity index (χ0v) is 44.5. The van der Waals surface area contributed by atoms with Crippen molar-refractivity contribution in [2.45, 2.75) is 245 Å². The smallest absolute Gasteiger partial charge is 0.306 e. The van der Waals surface area contributed by atoms with E-state index in [9.17, 15) is 14.4 Å². The summed E-state index contributed by atoms with van der Waals surface area (Å²) in [7, 11) is 0. The summed E-state index contributed by atoms with van der Waals surface area (Å²) in [4.78, 5) is 38.1. The van der Waals surface area contributed by atoms with E-state index in [0.29, 0.717) is 19.3 Å². The molecule has 0 heterocycles. The van der Waals surface area contributed by atoms with Gasteiger partial charge in [-0.2, -0.15) is 0 Å². The maximum atomic E-state index is 12.8. The van der Waals surface area contributed by atoms with Crippen molar-refractivity contribution in [2.75, 3.05) is 13.2 Å². The van der Waals surface area contributed by atoms with E-state index in [-0.39, 0.29) is 31.6 Å². The second-order valence-corrected chi connectivity index (χ2v) is 18.1. The number of hydrogen-bond donors (Lipinski definition) is 0. The molecule has 69 heavy (non-hydrogen) atoms. The Hall–Kier alpha value is -4.19. The van der Waals surface area contributed by atoms with Crippen molar-refractivity contribution >= 4 is 17.9 Å². The number of unbranched alkanes of at least 4 members (excludes halogenated alkanes) is 18. The molecule has 0 aliphatic rings. The molecule has 0 fully saturated rings. The highest BCUT2D eigenvalue weighted by molar-refractivity contribution is 5.71. The first kappa shape index (κ1) is 64.8. The van der Waals surface area contributed by atoms with Gasteiger partial charge in [0.2, 0.25) is 0 Å². The number of carbonyl (C=O) groups is 3. The van der Waals surface area contributed by atoms with E-state index in [4.69, 9.17) is 14.2 Å². The minimum absolute atomic E-state index is 0.121. The average molecular weight is 956 g/mol. The molecule has 0 aromatic rings. The average Bonchev–Trinajstić information content (AvgIpc) is 3.35. The second-order valence-electron chi connectivity index (χ2n) is 18.1. The quantitative estimate of drug-likeness (QED) is 0.0262. The van der Waals surface area contributed by atoms with Crippen LogP contribution >= 0.6 is 0 Å². The molecule has 6 heteroatoms. The number of rotatable bonds is 49. The standard InChI is InChI=1S/C63H102O6/c1-4-7-10-13-16-19-22-25-28-30-31-33-36-39-42-45-48-51-54-57-63(66)69-60(58-67-61(64)55-52-49-46-43-40-37-34-27-24-21-18-15-12-9-6-3)59-68-62(65)56-53-50-47-44-41-38-35-32-29-26-23-20-17-14-11-8-5-2/h8,11,16-17,19-21,24-26,28-29,31,33,35,38-39,42,48,51,60H,4-7,9-10,12-15,18,22-23,27,30,32,34,36-37,40-41,43-47,49-50,52-59H2,1-3H3/b11-8-,19-16-,20-17-,24-21-,28-25-,29-26-,33-31-,38-35-,42-39-,51-48-/t60-/m0/s1. The van der Waals surface area contributed by atoms with Crippen LogP contribution in [0.1, 0.15) is 239 Å². The number of allylic oxidation sites excluding steroid dienone is 20. The van der Waals surface area contributed by atoms with Gasteiger partial charge in [0.25, 0.3) is 0 Å². The summed E-state index contributed by atoms with van der Waals surface area (Å²) in [6, 6.07) is 0. The van der Waals surface area contributed by atoms with Crippen molar-refractivity contribution in [3.8, 4) is 0 Å². The molecule has 0 aromatic heterocycles. The van der Waals surface area contributed by atoms with Crippen LogP contribution in [0.3, 0.4) is 0 Å². The highest BCUT2D eigenvalue weighted by Crippen LogP contribution is 2.13. The molecule has 0 aliphatic carbocycles. The van der Waals surface area contributed by atoms with Crippen LogP contribution in [0.5, 0.6) is 0 Å². The molecule has 1 atom stereocenters. The molecule has 0 saturated carbocycles. The van der Waals surface area contributed by atoms with E-state index in [0.717, 1.165) is 103 Å². The van der Waals surface area contributed by atoms with Crippen molar-refractivity contribution in [3.63, 3.8) is 0 Å². The van der Waals surface area contributed by atoms with Crippen LogP contribution in [-0.4, -0.2) is 37.2 Å². The molecule has 0 spiro atoms. The summed E-state index contributed by atoms with van der Waals surface area (Å²) < 4.78 is 16.8. The fourth-order valence-electron chi connectivity index (χ4n) is 7.23. The van der Waals surface area contributed by atoms with Crippen LogP contribution in [0, 0.1) is 0 Å². The third-order valence-electron chi connectivity index (χ3n) is 11.4. The zero-order valence-electron chi connectivity index (χ0n) is 44.5. The first-order chi connectivity index (χ1) is 34.0. The second kappa shape index (κ2) is 56.4. The fraction of sp³-hybridized carbons (Fsp3) is 0.635. The maximum absolute atomic E-state index is 12.8. The molecule has 0 bridgehead atoms. The summed E-state index contributed by atoms with van der Waals surface area (Å²) in [6.07, 6.45) is 77.6. The molecule has 0 saturated heterocycles. The van der Waals surface area contributed by atoms with Crippen molar-refractivity contribution in [2.24, 2.45) is 0 Å². The summed E-state index contributed by atoms with van der Waals surface area (Å²) in [5, 5.41) is 0. The summed E-state index contributed by atoms with van der Waals surface area (Å²) in [5.74, 6) is -1.04. The highest BCUT2D eigenvalue weighted by atomic mass is 16.6. The van der Waals surface area contributed by atoms with Gasteiger partial charge in [-0.25, -0.2) is 0 Å². The van der Waals surface area contributed by atoms with Crippen LogP contribution in [0.4, 0.5) is 0 Å². The Labute approximate surface area is 424 Å². The zero-order chi connectivity index (χ0) is 50.0. The lowest BCUT2D eigenvalue weighted by Crippen LogP contribution is -2.30. The van der Waals surface area contributed by atoms with E-state index in [1.165, 1.54) is 89.9 Å². The van der Waals surface area contributed by atoms with E-state index in [2.05, 4.69) is 130 Å². The van der Waals surface area contributed by atoms with Crippen LogP contribution < -0.4 is 0 Å². The summed E-state index contributed by atoms with van der Waals surface area (Å²) >= 11 is 0. The molecule has 0 aliphatic heterocycles. The Morgan fingerprint density at radius 2 is 0.594 bits per heavy atom. The minimum atomic E-state index is -0.833. The molecule has 0 radical (unpaired) electrons. The topological polar surface area (TPSA) is 78.9 Å². The first-order valence-corrected chi connectivity index (χ1v) is 28.0. The summed E-state index contributed by atoms with van der Waals surface area (Å²) in [5.41, 5.74) is 0. The van der Waals surface area contributed by atoms with Gasteiger partial charge in [0.1, 0.15) is 13.2 Å². The molecule has 390 valence electrons. The Bertz CT molecular complexity index is 1470. The van der Waals surface area contributed by atoms with E-state index in [1.807, 2.05) is 12.2 Å². The highest BCUT2D eigenvalue weighted by Gasteiger charge is 2.19. The molecule has 0 unspecified atom stereocenters. The predicted octanol–water partition coefficient (Wildman–Crippen LogP) is 18.9. The SMILES string of the molecule is CC/C=C\C/C=C\C/C=C\C/C=C\CCCCCCC(=O)OC[C@H](COC(=O)CCCCCCCCC/C=C\CCCCCC)OC(=O)CC/C=C\C/C=C\C/C=C\C/C=C\C/C=C\CCCCC. The van der Waals surface area contributed by atoms with Crippen molar-refractivity contribution in [1.82, 2.24) is 0 Å². The third kappa shape index (κ3) is 54.6. The fourth-order valence-corrected chi connectivity index (χ4v) is 7.23. The van der Waals surface area contributed by atoms with Gasteiger partial charge in [-0.05, 0) is 122 Å². The van der Waals surface area contributed by atoms with Crippen molar-refractivity contribution < 1.29 is 28.6 Å². The van der Waals surface area contributed by atoms with Crippen LogP contribution in [-0.2, 0) is 28.6 Å². The Kier molecular flexibility index (Phi) is 53.0. The van der Waals surface area contributed by atoms with Crippen LogP contribution in [0.25, 0.3) is 0 Å². The monoisotopic (exact) mass is 955 g/mol. The van der Waals surface area contributed by atoms with Gasteiger partial charge in [0, 0.05) is 19.3 Å². The molecular formula is C63H102O6. The summed E-state index contributed by atoms with van der Waals surface area (Å²) in [6.45, 7) is 6.39. The van der Waals surface area contributed by atoms with Crippen molar-refractivity contribution in [1.29, 1.82) is 0 Å². The lowest BCUT2D eigenvalue weighted by molar-refractivity contribution is -0.166. The van der Waals surface area contributed by atoms with Gasteiger partial charge in [0.15, 0.2) is 6.10 Å². The van der Waals surface area contributed by atoms with E-state index in [1.54, 1.807) is 0 Å². The van der Waals surface area contributed by atoms with Gasteiger partial charge in [-0.3, -0.25) is 14.4 Å². The molecule has 0 rings (SSSR count). The van der Waals surface area contributed by atoms with Crippen LogP contribution in [0.15, 0.2) is 122 Å². The van der Waals surface area contributed by atoms with Gasteiger partial charge in [-0.15, -0.1) is 0 Å². The van der Waals surface area contributed by atoms with Gasteiger partial charge < -0.3 is 14.2 Å². The van der Waals surface area contributed by atoms with E-state index < -0.39 is 12.1 Å². The number of carbonyl (C=O) groups excluding carboxylic acids is 3. The van der Waals surface area contributed by atoms with Crippen LogP contribution in [0.2, 0.25) is 0 Å². The van der Waals surface area contributed by atoms with Gasteiger partial charge >= 0.3 is 17.9 Å². The Balaban J connectivity index is 4.57. The molecule has 0 N–H and O–H groups in total. The van der Waals surface area contributed by atoms with Gasteiger partial charge in [-0.1, -0.05) is 219 Å². The molecule has 6 nitrogen and oxygen atoms in total. The molecular weight excluding hydrogens is 853 g/mol. The first-order valence-electron chi connectivity index (χ1n) is 28.0. The van der Waals surface area contributed by atoms with Crippen molar-refractivity contribution in [3.05, 3.63) is 122 Å². The maximum Gasteiger partial charge on any atom is 0.306 e. The predicted molar refractivity (Wildman–Crippen MR) is 297 cm³/mol. The molecule has 0 amide bonds. The number of esters is 3. The van der Waals surface area contributed by atoms with E-state index >= 15 is 0 Å². The third-order valence-corrected chi connectivity index (χ3v) is 11.4. The lowest BCUT2D eigenvalue weighted by atomic mass is 10.1. The number of ether oxygens (including phenoxy) is 3. The Morgan fingerprint density at radius 3 is 0.986 bits per heavy atom.